The van der Waals surface area contributed by atoms with Gasteiger partial charge in [0.25, 0.3) is 0 Å². The fraction of sp³-hybridized carbons (Fsp3) is 0.714. The lowest BCUT2D eigenvalue weighted by atomic mass is 10.1. The number of piperazine rings is 1. The summed E-state index contributed by atoms with van der Waals surface area (Å²) in [6.45, 7) is 9.13. The summed E-state index contributed by atoms with van der Waals surface area (Å²) < 4.78 is 5.11. The normalized spacial score (nSPS) is 20.1. The van der Waals surface area contributed by atoms with E-state index in [-0.39, 0.29) is 0 Å². The van der Waals surface area contributed by atoms with Crippen molar-refractivity contribution in [2.75, 3.05) is 46.4 Å². The van der Waals surface area contributed by atoms with Crippen molar-refractivity contribution in [2.24, 2.45) is 0 Å². The van der Waals surface area contributed by atoms with E-state index in [0.717, 1.165) is 13.0 Å². The molecule has 0 radical (unpaired) electrons. The smallest absolute Gasteiger partial charge is 0.0474 e. The predicted molar refractivity (Wildman–Crippen MR) is 77.2 cm³/mol. The highest BCUT2D eigenvalue weighted by molar-refractivity contribution is 7.07. The quantitative estimate of drug-likeness (QED) is 0.737. The zero-order valence-electron chi connectivity index (χ0n) is 11.5. The van der Waals surface area contributed by atoms with Gasteiger partial charge in [0.15, 0.2) is 0 Å². The highest BCUT2D eigenvalue weighted by atomic mass is 32.1. The molecular formula is C14H24N2OS. The van der Waals surface area contributed by atoms with Gasteiger partial charge in [-0.25, -0.2) is 0 Å². The Morgan fingerprint density at radius 2 is 2.11 bits per heavy atom. The predicted octanol–water partition coefficient (Wildman–Crippen LogP) is 2.46. The summed E-state index contributed by atoms with van der Waals surface area (Å²) in [5.41, 5.74) is 1.47. The van der Waals surface area contributed by atoms with Gasteiger partial charge < -0.3 is 9.64 Å². The first kappa shape index (κ1) is 14.0. The molecule has 1 aromatic rings. The molecule has 1 aromatic heterocycles. The molecule has 4 heteroatoms. The van der Waals surface area contributed by atoms with E-state index in [1.165, 1.54) is 38.3 Å². The Balaban J connectivity index is 1.73. The van der Waals surface area contributed by atoms with Crippen LogP contribution in [-0.2, 0) is 4.74 Å². The maximum atomic E-state index is 5.11. The third-order valence-electron chi connectivity index (χ3n) is 3.80. The van der Waals surface area contributed by atoms with E-state index >= 15 is 0 Å². The minimum absolute atomic E-state index is 0.567. The highest BCUT2D eigenvalue weighted by Crippen LogP contribution is 2.23. The second-order valence-electron chi connectivity index (χ2n) is 4.96. The molecule has 1 aliphatic rings. The van der Waals surface area contributed by atoms with Gasteiger partial charge in [0.05, 0.1) is 0 Å². The number of thiophene rings is 1. The molecule has 1 saturated heterocycles. The average molecular weight is 268 g/mol. The Kier molecular flexibility index (Phi) is 5.63. The van der Waals surface area contributed by atoms with Crippen molar-refractivity contribution in [1.82, 2.24) is 9.80 Å². The largest absolute Gasteiger partial charge is 0.385 e. The molecule has 1 atom stereocenters. The van der Waals surface area contributed by atoms with Crippen LogP contribution >= 0.6 is 11.3 Å². The summed E-state index contributed by atoms with van der Waals surface area (Å²) in [4.78, 5) is 5.14. The third kappa shape index (κ3) is 3.79. The number of rotatable bonds is 6. The van der Waals surface area contributed by atoms with Gasteiger partial charge in [-0.3, -0.25) is 4.90 Å². The van der Waals surface area contributed by atoms with Crippen LogP contribution in [0.3, 0.4) is 0 Å². The lowest BCUT2D eigenvalue weighted by Crippen LogP contribution is -2.47. The molecule has 2 heterocycles. The van der Waals surface area contributed by atoms with E-state index in [9.17, 15) is 0 Å². The maximum Gasteiger partial charge on any atom is 0.0474 e. The lowest BCUT2D eigenvalue weighted by Gasteiger charge is -2.38. The zero-order valence-corrected chi connectivity index (χ0v) is 12.3. The number of nitrogens with zero attached hydrogens (tertiary/aromatic N) is 2. The summed E-state index contributed by atoms with van der Waals surface area (Å²) in [5, 5.41) is 4.45. The Morgan fingerprint density at radius 3 is 2.72 bits per heavy atom. The number of hydrogen-bond acceptors (Lipinski definition) is 4. The van der Waals surface area contributed by atoms with E-state index in [1.807, 2.05) is 0 Å². The van der Waals surface area contributed by atoms with Gasteiger partial charge in [0.1, 0.15) is 0 Å². The second-order valence-corrected chi connectivity index (χ2v) is 5.74. The van der Waals surface area contributed by atoms with Gasteiger partial charge in [-0.2, -0.15) is 11.3 Å². The van der Waals surface area contributed by atoms with Crippen LogP contribution in [0.5, 0.6) is 0 Å². The minimum Gasteiger partial charge on any atom is -0.385 e. The van der Waals surface area contributed by atoms with E-state index < -0.39 is 0 Å². The molecule has 0 spiro atoms. The van der Waals surface area contributed by atoms with Crippen molar-refractivity contribution in [1.29, 1.82) is 0 Å². The van der Waals surface area contributed by atoms with Crippen molar-refractivity contribution in [3.63, 3.8) is 0 Å². The van der Waals surface area contributed by atoms with Crippen molar-refractivity contribution in [3.8, 4) is 0 Å². The number of hydrogen-bond donors (Lipinski definition) is 0. The van der Waals surface area contributed by atoms with Crippen LogP contribution in [0.4, 0.5) is 0 Å². The summed E-state index contributed by atoms with van der Waals surface area (Å²) in [7, 11) is 1.78. The lowest BCUT2D eigenvalue weighted by molar-refractivity contribution is 0.0933. The fourth-order valence-electron chi connectivity index (χ4n) is 2.53. The van der Waals surface area contributed by atoms with Crippen LogP contribution in [0.1, 0.15) is 24.9 Å². The summed E-state index contributed by atoms with van der Waals surface area (Å²) in [6, 6.07) is 2.82. The van der Waals surface area contributed by atoms with Crippen LogP contribution < -0.4 is 0 Å². The topological polar surface area (TPSA) is 15.7 Å². The molecule has 0 bridgehead atoms. The zero-order chi connectivity index (χ0) is 12.8. The Labute approximate surface area is 114 Å². The Hall–Kier alpha value is -0.420. The van der Waals surface area contributed by atoms with Crippen molar-refractivity contribution < 1.29 is 4.74 Å². The fourth-order valence-corrected chi connectivity index (χ4v) is 3.28. The first-order valence-corrected chi connectivity index (χ1v) is 7.73. The van der Waals surface area contributed by atoms with Crippen LogP contribution in [0.25, 0.3) is 0 Å². The molecule has 0 aromatic carbocycles. The monoisotopic (exact) mass is 268 g/mol. The molecule has 102 valence electrons. The van der Waals surface area contributed by atoms with E-state index in [2.05, 4.69) is 33.6 Å². The molecule has 1 fully saturated rings. The van der Waals surface area contributed by atoms with Crippen LogP contribution in [-0.4, -0.2) is 56.2 Å². The minimum atomic E-state index is 0.567. The van der Waals surface area contributed by atoms with Crippen LogP contribution in [0, 0.1) is 0 Å². The van der Waals surface area contributed by atoms with Gasteiger partial charge in [0, 0.05) is 52.5 Å². The van der Waals surface area contributed by atoms with Crippen molar-refractivity contribution in [3.05, 3.63) is 22.4 Å². The van der Waals surface area contributed by atoms with Gasteiger partial charge in [-0.1, -0.05) is 0 Å². The molecule has 0 amide bonds. The average Bonchev–Trinajstić information content (AvgIpc) is 2.93. The maximum absolute atomic E-state index is 5.11. The van der Waals surface area contributed by atoms with Gasteiger partial charge in [-0.05, 0) is 35.7 Å². The second kappa shape index (κ2) is 7.24. The molecule has 0 N–H and O–H groups in total. The Bertz CT molecular complexity index is 321. The molecule has 2 rings (SSSR count). The SMILES string of the molecule is COCCCN1CCN([C@@H](C)c2ccsc2)CC1. The highest BCUT2D eigenvalue weighted by Gasteiger charge is 2.21. The van der Waals surface area contributed by atoms with Crippen molar-refractivity contribution >= 4 is 11.3 Å². The van der Waals surface area contributed by atoms with Gasteiger partial charge in [-0.15, -0.1) is 0 Å². The van der Waals surface area contributed by atoms with Crippen LogP contribution in [0.2, 0.25) is 0 Å². The number of ether oxygens (including phenoxy) is 1. The standard InChI is InChI=1S/C14H24N2OS/c1-13(14-4-11-18-12-14)16-8-6-15(7-9-16)5-3-10-17-2/h4,11-13H,3,5-10H2,1-2H3/t13-/m0/s1. The summed E-state index contributed by atoms with van der Waals surface area (Å²) >= 11 is 1.80. The summed E-state index contributed by atoms with van der Waals surface area (Å²) in [5.74, 6) is 0. The molecule has 3 nitrogen and oxygen atoms in total. The van der Waals surface area contributed by atoms with E-state index in [4.69, 9.17) is 4.74 Å². The molecule has 1 aliphatic heterocycles. The van der Waals surface area contributed by atoms with Crippen molar-refractivity contribution in [2.45, 2.75) is 19.4 Å². The molecule has 0 unspecified atom stereocenters. The van der Waals surface area contributed by atoms with Gasteiger partial charge >= 0.3 is 0 Å². The van der Waals surface area contributed by atoms with Crippen LogP contribution in [0.15, 0.2) is 16.8 Å². The molecule has 0 saturated carbocycles. The first-order valence-electron chi connectivity index (χ1n) is 6.78. The third-order valence-corrected chi connectivity index (χ3v) is 4.50. The first-order chi connectivity index (χ1) is 8.81. The molecule has 18 heavy (non-hydrogen) atoms. The van der Waals surface area contributed by atoms with E-state index in [1.54, 1.807) is 18.4 Å². The number of methoxy groups -OCH3 is 1. The molecule has 0 aliphatic carbocycles. The Morgan fingerprint density at radius 1 is 1.33 bits per heavy atom. The van der Waals surface area contributed by atoms with E-state index in [0.29, 0.717) is 6.04 Å². The van der Waals surface area contributed by atoms with Gasteiger partial charge in [0.2, 0.25) is 0 Å². The summed E-state index contributed by atoms with van der Waals surface area (Å²) in [6.07, 6.45) is 1.15. The molecular weight excluding hydrogens is 244 g/mol.